The van der Waals surface area contributed by atoms with E-state index in [0.29, 0.717) is 30.5 Å². The smallest absolute Gasteiger partial charge is 0.333 e. The summed E-state index contributed by atoms with van der Waals surface area (Å²) in [6.07, 6.45) is 2.19. The van der Waals surface area contributed by atoms with Crippen molar-refractivity contribution in [3.8, 4) is 5.88 Å². The van der Waals surface area contributed by atoms with E-state index in [1.54, 1.807) is 6.07 Å². The maximum atomic E-state index is 11.0. The quantitative estimate of drug-likeness (QED) is 0.484. The largest absolute Gasteiger partial charge is 0.474 e. The van der Waals surface area contributed by atoms with E-state index in [0.717, 1.165) is 13.0 Å². The lowest BCUT2D eigenvalue weighted by Crippen LogP contribution is -2.28. The van der Waals surface area contributed by atoms with Gasteiger partial charge in [0.05, 0.1) is 18.8 Å². The molecule has 1 saturated carbocycles. The van der Waals surface area contributed by atoms with Crippen LogP contribution in [0.3, 0.4) is 0 Å². The van der Waals surface area contributed by atoms with Crippen molar-refractivity contribution in [3.05, 3.63) is 47.8 Å². The number of rotatable bonds is 9. The first-order chi connectivity index (χ1) is 15.7. The highest BCUT2D eigenvalue weighted by molar-refractivity contribution is 7.84. The molecule has 1 aromatic carbocycles. The fourth-order valence-corrected chi connectivity index (χ4v) is 5.20. The van der Waals surface area contributed by atoms with E-state index in [1.165, 1.54) is 17.5 Å². The van der Waals surface area contributed by atoms with Crippen molar-refractivity contribution in [3.63, 3.8) is 0 Å². The van der Waals surface area contributed by atoms with E-state index >= 15 is 0 Å². The number of aromatic nitrogens is 2. The molecule has 1 aromatic heterocycles. The van der Waals surface area contributed by atoms with Crippen molar-refractivity contribution in [2.45, 2.75) is 37.5 Å². The average molecular weight is 478 g/mol. The zero-order valence-electron chi connectivity index (χ0n) is 18.8. The number of hydrogen-bond donors (Lipinski definition) is 3. The Labute approximate surface area is 194 Å². The molecule has 0 spiro atoms. The second-order valence-electron chi connectivity index (χ2n) is 9.10. The van der Waals surface area contributed by atoms with Crippen LogP contribution in [0, 0.1) is 11.8 Å². The molecule has 2 aromatic rings. The SMILES string of the molecule is CN(C)C[C@@H]1Cc2ccccc2[C@@H]1Nc1cc(O[C@H]2C[C@@H](COS(N)(=O)=O)[C@H](O)C2)ncn1. The topological polar surface area (TPSA) is 140 Å². The molecule has 0 radical (unpaired) electrons. The summed E-state index contributed by atoms with van der Waals surface area (Å²) in [5, 5.41) is 18.7. The highest BCUT2D eigenvalue weighted by atomic mass is 32.2. The van der Waals surface area contributed by atoms with Crippen molar-refractivity contribution in [2.75, 3.05) is 32.6 Å². The predicted octanol–water partition coefficient (Wildman–Crippen LogP) is 1.10. The van der Waals surface area contributed by atoms with Crippen molar-refractivity contribution in [1.29, 1.82) is 0 Å². The van der Waals surface area contributed by atoms with Crippen molar-refractivity contribution in [1.82, 2.24) is 14.9 Å². The van der Waals surface area contributed by atoms with E-state index in [-0.39, 0.29) is 24.7 Å². The van der Waals surface area contributed by atoms with E-state index < -0.39 is 16.4 Å². The molecule has 10 nitrogen and oxygen atoms in total. The van der Waals surface area contributed by atoms with Gasteiger partial charge in [-0.25, -0.2) is 15.1 Å². The van der Waals surface area contributed by atoms with Gasteiger partial charge in [0.2, 0.25) is 5.88 Å². The van der Waals surface area contributed by atoms with Crippen LogP contribution in [0.2, 0.25) is 0 Å². The number of fused-ring (bicyclic) bond motifs is 1. The molecule has 180 valence electrons. The van der Waals surface area contributed by atoms with Gasteiger partial charge in [-0.05, 0) is 38.1 Å². The molecule has 2 aliphatic carbocycles. The van der Waals surface area contributed by atoms with Crippen LogP contribution < -0.4 is 15.2 Å². The van der Waals surface area contributed by atoms with Gasteiger partial charge >= 0.3 is 10.3 Å². The number of anilines is 1. The molecular weight excluding hydrogens is 446 g/mol. The number of aliphatic hydroxyl groups is 1. The molecule has 0 unspecified atom stereocenters. The van der Waals surface area contributed by atoms with Crippen LogP contribution in [0.15, 0.2) is 36.7 Å². The van der Waals surface area contributed by atoms with Crippen LogP contribution in [0.5, 0.6) is 5.88 Å². The summed E-state index contributed by atoms with van der Waals surface area (Å²) in [5.41, 5.74) is 2.63. The lowest BCUT2D eigenvalue weighted by atomic mass is 10.00. The van der Waals surface area contributed by atoms with Gasteiger partial charge < -0.3 is 20.1 Å². The zero-order valence-corrected chi connectivity index (χ0v) is 19.6. The summed E-state index contributed by atoms with van der Waals surface area (Å²) in [6.45, 7) is 0.771. The number of hydrogen-bond acceptors (Lipinski definition) is 9. The van der Waals surface area contributed by atoms with Crippen LogP contribution in [-0.4, -0.2) is 67.8 Å². The minimum atomic E-state index is -4.05. The van der Waals surface area contributed by atoms with Crippen LogP contribution in [0.1, 0.15) is 30.0 Å². The number of nitrogens with zero attached hydrogens (tertiary/aromatic N) is 3. The molecule has 2 aliphatic rings. The molecule has 0 saturated heterocycles. The average Bonchev–Trinajstić information content (AvgIpc) is 3.25. The van der Waals surface area contributed by atoms with Gasteiger partial charge in [-0.1, -0.05) is 24.3 Å². The Morgan fingerprint density at radius 1 is 1.21 bits per heavy atom. The standard InChI is InChI=1S/C22H31N5O5S/c1-27(2)11-15-7-14-5-3-4-6-18(14)22(15)26-20-10-21(25-13-24-20)32-17-8-16(19(28)9-17)12-31-33(23,29)30/h3-6,10,13,15-17,19,22,28H,7-9,11-12H2,1-2H3,(H2,23,29,30)(H,24,25,26)/t15-,16-,17-,19+,22+/m0/s1. The Morgan fingerprint density at radius 2 is 2.00 bits per heavy atom. The Bertz CT molecular complexity index is 1070. The Hall–Kier alpha value is -2.31. The maximum Gasteiger partial charge on any atom is 0.333 e. The minimum absolute atomic E-state index is 0.124. The van der Waals surface area contributed by atoms with Gasteiger partial charge in [0.1, 0.15) is 18.2 Å². The second-order valence-corrected chi connectivity index (χ2v) is 10.3. The number of nitrogens with two attached hydrogens (primary N) is 1. The van der Waals surface area contributed by atoms with Gasteiger partial charge in [-0.15, -0.1) is 0 Å². The molecule has 11 heteroatoms. The van der Waals surface area contributed by atoms with E-state index in [4.69, 9.17) is 9.88 Å². The lowest BCUT2D eigenvalue weighted by Gasteiger charge is -2.25. The first-order valence-electron chi connectivity index (χ1n) is 11.0. The molecule has 1 heterocycles. The molecule has 4 rings (SSSR count). The van der Waals surface area contributed by atoms with Gasteiger partial charge in [-0.3, -0.25) is 4.18 Å². The highest BCUT2D eigenvalue weighted by Crippen LogP contribution is 2.39. The molecule has 4 N–H and O–H groups in total. The van der Waals surface area contributed by atoms with Crippen LogP contribution in [-0.2, 0) is 20.9 Å². The van der Waals surface area contributed by atoms with Crippen molar-refractivity contribution in [2.24, 2.45) is 17.0 Å². The predicted molar refractivity (Wildman–Crippen MR) is 123 cm³/mol. The summed E-state index contributed by atoms with van der Waals surface area (Å²) in [6, 6.07) is 10.3. The first kappa shape index (κ1) is 23.8. The zero-order chi connectivity index (χ0) is 23.6. The Morgan fingerprint density at radius 3 is 2.76 bits per heavy atom. The number of ether oxygens (including phenoxy) is 1. The first-order valence-corrected chi connectivity index (χ1v) is 12.5. The molecule has 33 heavy (non-hydrogen) atoms. The van der Waals surface area contributed by atoms with Crippen LogP contribution in [0.25, 0.3) is 0 Å². The van der Waals surface area contributed by atoms with E-state index in [1.807, 2.05) is 0 Å². The highest BCUT2D eigenvalue weighted by Gasteiger charge is 2.36. The molecule has 5 atom stereocenters. The summed E-state index contributed by atoms with van der Waals surface area (Å²) in [5.74, 6) is 1.09. The van der Waals surface area contributed by atoms with E-state index in [2.05, 4.69) is 62.7 Å². The summed E-state index contributed by atoms with van der Waals surface area (Å²) < 4.78 is 32.7. The summed E-state index contributed by atoms with van der Waals surface area (Å²) >= 11 is 0. The Balaban J connectivity index is 1.42. The van der Waals surface area contributed by atoms with Crippen molar-refractivity contribution < 1.29 is 22.4 Å². The van der Waals surface area contributed by atoms with Gasteiger partial charge in [0.25, 0.3) is 0 Å². The fraction of sp³-hybridized carbons (Fsp3) is 0.545. The van der Waals surface area contributed by atoms with Gasteiger partial charge in [-0.2, -0.15) is 8.42 Å². The third-order valence-electron chi connectivity index (χ3n) is 6.24. The minimum Gasteiger partial charge on any atom is -0.474 e. The summed E-state index contributed by atoms with van der Waals surface area (Å²) in [7, 11) is 0.109. The fourth-order valence-electron chi connectivity index (χ4n) is 4.84. The maximum absolute atomic E-state index is 11.0. The Kier molecular flexibility index (Phi) is 7.15. The monoisotopic (exact) mass is 477 g/mol. The number of aliphatic hydroxyl groups excluding tert-OH is 1. The van der Waals surface area contributed by atoms with Crippen LogP contribution >= 0.6 is 0 Å². The number of nitrogens with one attached hydrogen (secondary N) is 1. The van der Waals surface area contributed by atoms with Crippen LogP contribution in [0.4, 0.5) is 5.82 Å². The third kappa shape index (κ3) is 6.18. The van der Waals surface area contributed by atoms with Gasteiger partial charge in [0.15, 0.2) is 0 Å². The molecule has 1 fully saturated rings. The van der Waals surface area contributed by atoms with Gasteiger partial charge in [0, 0.05) is 30.9 Å². The molecule has 0 bridgehead atoms. The number of benzene rings is 1. The third-order valence-corrected chi connectivity index (χ3v) is 6.70. The summed E-state index contributed by atoms with van der Waals surface area (Å²) in [4.78, 5) is 10.8. The van der Waals surface area contributed by atoms with Crippen molar-refractivity contribution >= 4 is 16.1 Å². The molecule has 0 aliphatic heterocycles. The van der Waals surface area contributed by atoms with E-state index in [9.17, 15) is 13.5 Å². The normalized spacial score (nSPS) is 27.0. The lowest BCUT2D eigenvalue weighted by molar-refractivity contribution is 0.0986. The molecule has 0 amide bonds. The second kappa shape index (κ2) is 9.90. The molecular formula is C22H31N5O5S.